The topological polar surface area (TPSA) is 146 Å². The molecule has 1 saturated heterocycles. The summed E-state index contributed by atoms with van der Waals surface area (Å²) in [6, 6.07) is 5.05. The Morgan fingerprint density at radius 1 is 1.09 bits per heavy atom. The number of rotatable bonds is 12. The zero-order valence-corrected chi connectivity index (χ0v) is 20.4. The Morgan fingerprint density at radius 2 is 1.79 bits per heavy atom. The van der Waals surface area contributed by atoms with Crippen LogP contribution in [0.3, 0.4) is 0 Å². The van der Waals surface area contributed by atoms with E-state index in [9.17, 15) is 30.0 Å². The van der Waals surface area contributed by atoms with Gasteiger partial charge in [0.25, 0.3) is 5.91 Å². The van der Waals surface area contributed by atoms with Crippen molar-refractivity contribution in [3.63, 3.8) is 0 Å². The lowest BCUT2D eigenvalue weighted by atomic mass is 9.94. The van der Waals surface area contributed by atoms with Crippen molar-refractivity contribution in [3.05, 3.63) is 29.3 Å². The molecule has 0 saturated carbocycles. The number of hydrogen-bond donors (Lipinski definition) is 6. The van der Waals surface area contributed by atoms with Crippen LogP contribution in [0.15, 0.2) is 18.2 Å². The number of imide groups is 1. The number of hydrogen-bond acceptors (Lipinski definition) is 9. The van der Waals surface area contributed by atoms with Crippen LogP contribution >= 0.6 is 0 Å². The Bertz CT molecular complexity index is 806. The SMILES string of the molecule is CC(=O)NC(=O)c1cc(CN(C)C)ccc1NCCCCCCN1C[C@H](O)[C@@H](O)[C@H](O)[C@H]1CO. The lowest BCUT2D eigenvalue weighted by Crippen LogP contribution is -2.62. The van der Waals surface area contributed by atoms with Gasteiger partial charge in [0.2, 0.25) is 5.91 Å². The Kier molecular flexibility index (Phi) is 11.4. The number of aliphatic hydroxyl groups is 4. The fourth-order valence-electron chi connectivity index (χ4n) is 4.28. The maximum Gasteiger partial charge on any atom is 0.259 e. The molecule has 2 rings (SSSR count). The second-order valence-corrected chi connectivity index (χ2v) is 9.26. The van der Waals surface area contributed by atoms with Crippen LogP contribution in [-0.4, -0.2) is 107 Å². The van der Waals surface area contributed by atoms with E-state index < -0.39 is 36.2 Å². The number of benzene rings is 1. The second kappa shape index (κ2) is 13.7. The zero-order valence-electron chi connectivity index (χ0n) is 20.4. The van der Waals surface area contributed by atoms with Gasteiger partial charge in [-0.3, -0.25) is 19.8 Å². The van der Waals surface area contributed by atoms with Gasteiger partial charge in [0.05, 0.1) is 24.3 Å². The summed E-state index contributed by atoms with van der Waals surface area (Å²) in [5, 5.41) is 44.9. The number of carbonyl (C=O) groups excluding carboxylic acids is 2. The van der Waals surface area contributed by atoms with Crippen molar-refractivity contribution in [2.75, 3.05) is 45.7 Å². The van der Waals surface area contributed by atoms with Crippen LogP contribution in [0.1, 0.15) is 48.5 Å². The molecule has 1 aromatic rings. The van der Waals surface area contributed by atoms with Crippen molar-refractivity contribution in [1.29, 1.82) is 0 Å². The second-order valence-electron chi connectivity index (χ2n) is 9.26. The first-order chi connectivity index (χ1) is 16.1. The van der Waals surface area contributed by atoms with Crippen LogP contribution < -0.4 is 10.6 Å². The molecule has 6 N–H and O–H groups in total. The number of aliphatic hydroxyl groups excluding tert-OH is 4. The van der Waals surface area contributed by atoms with E-state index in [4.69, 9.17) is 0 Å². The standard InChI is InChI=1S/C24H40N4O6/c1-16(30)26-24(34)18-12-17(13-27(2)3)8-9-19(18)25-10-6-4-5-7-11-28-14-21(31)23(33)22(32)20(28)15-29/h8-9,12,20-23,25,29,31-33H,4-7,10-11,13-15H2,1-3H3,(H,26,30,34)/t20-,21+,22-,23-/m1/s1. The Balaban J connectivity index is 1.80. The highest BCUT2D eigenvalue weighted by Gasteiger charge is 2.40. The predicted molar refractivity (Wildman–Crippen MR) is 129 cm³/mol. The van der Waals surface area contributed by atoms with Crippen molar-refractivity contribution in [2.45, 2.75) is 63.5 Å². The maximum absolute atomic E-state index is 12.5. The number of anilines is 1. The lowest BCUT2D eigenvalue weighted by molar-refractivity contribution is -0.145. The maximum atomic E-state index is 12.5. The van der Waals surface area contributed by atoms with Crippen LogP contribution in [0.2, 0.25) is 0 Å². The summed E-state index contributed by atoms with van der Waals surface area (Å²) < 4.78 is 0. The summed E-state index contributed by atoms with van der Waals surface area (Å²) in [5.74, 6) is -0.828. The molecule has 4 atom stereocenters. The summed E-state index contributed by atoms with van der Waals surface area (Å²) in [5.41, 5.74) is 2.10. The van der Waals surface area contributed by atoms with E-state index in [0.717, 1.165) is 31.2 Å². The molecule has 34 heavy (non-hydrogen) atoms. The summed E-state index contributed by atoms with van der Waals surface area (Å²) in [6.45, 7) is 3.22. The summed E-state index contributed by atoms with van der Waals surface area (Å²) >= 11 is 0. The van der Waals surface area contributed by atoms with Crippen molar-refractivity contribution in [3.8, 4) is 0 Å². The number of unbranched alkanes of at least 4 members (excludes halogenated alkanes) is 3. The summed E-state index contributed by atoms with van der Waals surface area (Å²) in [6.07, 6.45) is 0.130. The quantitative estimate of drug-likeness (QED) is 0.223. The summed E-state index contributed by atoms with van der Waals surface area (Å²) in [4.78, 5) is 27.7. The van der Waals surface area contributed by atoms with Gasteiger partial charge >= 0.3 is 0 Å². The molecule has 192 valence electrons. The Hall–Kier alpha value is -2.08. The van der Waals surface area contributed by atoms with Gasteiger partial charge in [-0.1, -0.05) is 18.9 Å². The number of nitrogens with zero attached hydrogens (tertiary/aromatic N) is 2. The number of likely N-dealkylation sites (tertiary alicyclic amines) is 1. The lowest BCUT2D eigenvalue weighted by Gasteiger charge is -2.43. The summed E-state index contributed by atoms with van der Waals surface area (Å²) in [7, 11) is 3.90. The third kappa shape index (κ3) is 8.30. The molecule has 10 heteroatoms. The van der Waals surface area contributed by atoms with E-state index in [-0.39, 0.29) is 13.2 Å². The number of amides is 2. The molecular weight excluding hydrogens is 440 g/mol. The van der Waals surface area contributed by atoms with Crippen molar-refractivity contribution in [1.82, 2.24) is 15.1 Å². The predicted octanol–water partition coefficient (Wildman–Crippen LogP) is -0.244. The van der Waals surface area contributed by atoms with E-state index >= 15 is 0 Å². The largest absolute Gasteiger partial charge is 0.395 e. The molecule has 0 aliphatic carbocycles. The fraction of sp³-hybridized carbons (Fsp3) is 0.667. The minimum atomic E-state index is -1.24. The number of β-amino-alcohol motifs (C(OH)–C–C–N with tert-alkyl or cyclic N) is 1. The third-order valence-electron chi connectivity index (χ3n) is 6.02. The van der Waals surface area contributed by atoms with Gasteiger partial charge in [0.1, 0.15) is 12.2 Å². The third-order valence-corrected chi connectivity index (χ3v) is 6.02. The molecular formula is C24H40N4O6. The highest BCUT2D eigenvalue weighted by atomic mass is 16.4. The first-order valence-electron chi connectivity index (χ1n) is 11.9. The molecule has 0 unspecified atom stereocenters. The average molecular weight is 481 g/mol. The zero-order chi connectivity index (χ0) is 25.3. The molecule has 0 spiro atoms. The van der Waals surface area contributed by atoms with E-state index in [2.05, 4.69) is 10.6 Å². The fourth-order valence-corrected chi connectivity index (χ4v) is 4.28. The van der Waals surface area contributed by atoms with E-state index in [1.807, 2.05) is 36.0 Å². The first kappa shape index (κ1) is 28.2. The first-order valence-corrected chi connectivity index (χ1v) is 11.9. The van der Waals surface area contributed by atoms with Crippen molar-refractivity contribution < 1.29 is 30.0 Å². The highest BCUT2D eigenvalue weighted by Crippen LogP contribution is 2.21. The van der Waals surface area contributed by atoms with Crippen molar-refractivity contribution in [2.24, 2.45) is 0 Å². The van der Waals surface area contributed by atoms with Gasteiger partial charge < -0.3 is 30.6 Å². The molecule has 0 radical (unpaired) electrons. The Morgan fingerprint density at radius 3 is 2.44 bits per heavy atom. The molecule has 1 aliphatic heterocycles. The Labute approximate surface area is 201 Å². The molecule has 2 amide bonds. The van der Waals surface area contributed by atoms with Crippen LogP contribution in [0.4, 0.5) is 5.69 Å². The molecule has 0 aromatic heterocycles. The number of nitrogens with one attached hydrogen (secondary N) is 2. The molecule has 10 nitrogen and oxygen atoms in total. The van der Waals surface area contributed by atoms with Crippen LogP contribution in [0, 0.1) is 0 Å². The average Bonchev–Trinajstić information content (AvgIpc) is 2.76. The minimum Gasteiger partial charge on any atom is -0.395 e. The van der Waals surface area contributed by atoms with Crippen LogP contribution in [0.5, 0.6) is 0 Å². The highest BCUT2D eigenvalue weighted by molar-refractivity contribution is 6.07. The molecule has 0 bridgehead atoms. The molecule has 1 heterocycles. The molecule has 1 aromatic carbocycles. The monoisotopic (exact) mass is 480 g/mol. The van der Waals surface area contributed by atoms with Gasteiger partial charge in [0, 0.05) is 32.2 Å². The van der Waals surface area contributed by atoms with Gasteiger partial charge in [0.15, 0.2) is 0 Å². The van der Waals surface area contributed by atoms with Gasteiger partial charge in [-0.2, -0.15) is 0 Å². The smallest absolute Gasteiger partial charge is 0.259 e. The number of carbonyl (C=O) groups is 2. The van der Waals surface area contributed by atoms with E-state index in [0.29, 0.717) is 30.9 Å². The van der Waals surface area contributed by atoms with Gasteiger partial charge in [-0.25, -0.2) is 0 Å². The normalized spacial score (nSPS) is 23.2. The van der Waals surface area contributed by atoms with E-state index in [1.54, 1.807) is 6.07 Å². The van der Waals surface area contributed by atoms with Gasteiger partial charge in [-0.15, -0.1) is 0 Å². The van der Waals surface area contributed by atoms with Crippen LogP contribution in [0.25, 0.3) is 0 Å². The minimum absolute atomic E-state index is 0.222. The van der Waals surface area contributed by atoms with Crippen molar-refractivity contribution >= 4 is 17.5 Å². The van der Waals surface area contributed by atoms with E-state index in [1.165, 1.54) is 6.92 Å². The molecule has 1 aliphatic rings. The van der Waals surface area contributed by atoms with Gasteiger partial charge in [-0.05, 0) is 51.2 Å². The molecule has 1 fully saturated rings. The number of piperidine rings is 1. The van der Waals surface area contributed by atoms with Crippen LogP contribution in [-0.2, 0) is 11.3 Å².